The van der Waals surface area contributed by atoms with Crippen LogP contribution in [-0.4, -0.2) is 9.97 Å². The molecular weight excluding hydrogens is 362 g/mol. The van der Waals surface area contributed by atoms with Gasteiger partial charge in [0.05, 0.1) is 10.9 Å². The van der Waals surface area contributed by atoms with Crippen LogP contribution in [-0.2, 0) is 0 Å². The molecule has 106 valence electrons. The van der Waals surface area contributed by atoms with Gasteiger partial charge in [0.1, 0.15) is 22.3 Å². The Bertz CT molecular complexity index is 868. The molecule has 21 heavy (non-hydrogen) atoms. The predicted octanol–water partition coefficient (Wildman–Crippen LogP) is 5.30. The highest BCUT2D eigenvalue weighted by molar-refractivity contribution is 9.10. The monoisotopic (exact) mass is 368 g/mol. The van der Waals surface area contributed by atoms with Gasteiger partial charge >= 0.3 is 0 Å². The fourth-order valence-corrected chi connectivity index (χ4v) is 2.95. The Labute approximate surface area is 132 Å². The summed E-state index contributed by atoms with van der Waals surface area (Å²) in [7, 11) is 0. The summed E-state index contributed by atoms with van der Waals surface area (Å²) in [5.41, 5.74) is 1.10. The van der Waals surface area contributed by atoms with E-state index in [1.807, 2.05) is 6.92 Å². The molecule has 1 heterocycles. The first kappa shape index (κ1) is 14.4. The highest BCUT2D eigenvalue weighted by atomic mass is 79.9. The molecule has 2 aromatic carbocycles. The normalized spacial score (nSPS) is 11.1. The van der Waals surface area contributed by atoms with Gasteiger partial charge in [0.15, 0.2) is 5.82 Å². The van der Waals surface area contributed by atoms with Crippen molar-refractivity contribution in [3.05, 3.63) is 57.2 Å². The van der Waals surface area contributed by atoms with E-state index in [9.17, 15) is 8.78 Å². The zero-order valence-corrected chi connectivity index (χ0v) is 13.1. The summed E-state index contributed by atoms with van der Waals surface area (Å²) in [6.45, 7) is 1.82. The van der Waals surface area contributed by atoms with Crippen LogP contribution in [0.15, 0.2) is 34.8 Å². The SMILES string of the molecule is Cc1ccc(F)c(-c2nc(Cl)c3c(Br)ccc(F)c3n2)c1. The number of fused-ring (bicyclic) bond motifs is 1. The Kier molecular flexibility index (Phi) is 3.63. The maximum atomic E-state index is 14.0. The smallest absolute Gasteiger partial charge is 0.164 e. The van der Waals surface area contributed by atoms with Gasteiger partial charge in [0.25, 0.3) is 0 Å². The molecule has 3 aromatic rings. The molecule has 0 radical (unpaired) electrons. The molecule has 6 heteroatoms. The Morgan fingerprint density at radius 2 is 1.76 bits per heavy atom. The van der Waals surface area contributed by atoms with Crippen LogP contribution >= 0.6 is 27.5 Å². The van der Waals surface area contributed by atoms with Crippen molar-refractivity contribution in [2.75, 3.05) is 0 Å². The van der Waals surface area contributed by atoms with Crippen LogP contribution in [0, 0.1) is 18.6 Å². The van der Waals surface area contributed by atoms with Crippen molar-refractivity contribution in [1.82, 2.24) is 9.97 Å². The van der Waals surface area contributed by atoms with Crippen LogP contribution < -0.4 is 0 Å². The number of aromatic nitrogens is 2. The molecule has 0 saturated carbocycles. The summed E-state index contributed by atoms with van der Waals surface area (Å²) in [4.78, 5) is 8.22. The predicted molar refractivity (Wildman–Crippen MR) is 82.3 cm³/mol. The lowest BCUT2D eigenvalue weighted by atomic mass is 10.1. The zero-order chi connectivity index (χ0) is 15.1. The van der Waals surface area contributed by atoms with Crippen LogP contribution in [0.5, 0.6) is 0 Å². The molecule has 0 N–H and O–H groups in total. The van der Waals surface area contributed by atoms with Gasteiger partial charge in [-0.05, 0) is 47.1 Å². The average molecular weight is 370 g/mol. The maximum absolute atomic E-state index is 14.0. The summed E-state index contributed by atoms with van der Waals surface area (Å²) in [5, 5.41) is 0.441. The van der Waals surface area contributed by atoms with E-state index in [1.165, 1.54) is 18.2 Å². The van der Waals surface area contributed by atoms with Gasteiger partial charge in [-0.2, -0.15) is 0 Å². The van der Waals surface area contributed by atoms with Crippen molar-refractivity contribution in [3.63, 3.8) is 0 Å². The quantitative estimate of drug-likeness (QED) is 0.544. The molecule has 3 rings (SSSR count). The number of aryl methyl sites for hydroxylation is 1. The molecule has 0 fully saturated rings. The molecule has 0 bridgehead atoms. The van der Waals surface area contributed by atoms with Crippen LogP contribution in [0.3, 0.4) is 0 Å². The highest BCUT2D eigenvalue weighted by Gasteiger charge is 2.16. The van der Waals surface area contributed by atoms with Crippen molar-refractivity contribution in [3.8, 4) is 11.4 Å². The molecule has 1 aromatic heterocycles. The molecule has 0 aliphatic heterocycles. The first-order valence-electron chi connectivity index (χ1n) is 6.05. The fraction of sp³-hybridized carbons (Fsp3) is 0.0667. The van der Waals surface area contributed by atoms with Crippen LogP contribution in [0.4, 0.5) is 8.78 Å². The van der Waals surface area contributed by atoms with Gasteiger partial charge in [-0.1, -0.05) is 23.2 Å². The van der Waals surface area contributed by atoms with Gasteiger partial charge < -0.3 is 0 Å². The van der Waals surface area contributed by atoms with Crippen molar-refractivity contribution in [2.24, 2.45) is 0 Å². The standard InChI is InChI=1S/C15H8BrClF2N2/c1-7-2-4-10(18)8(6-7)15-20-13-11(19)5-3-9(16)12(13)14(17)21-15/h2-6H,1H3. The summed E-state index contributed by atoms with van der Waals surface area (Å²) in [6.07, 6.45) is 0. The minimum absolute atomic E-state index is 0.0558. The Balaban J connectivity index is 2.35. The lowest BCUT2D eigenvalue weighted by molar-refractivity contribution is 0.628. The Hall–Kier alpha value is -1.59. The maximum Gasteiger partial charge on any atom is 0.164 e. The molecule has 2 nitrogen and oxygen atoms in total. The third-order valence-corrected chi connectivity index (χ3v) is 4.00. The summed E-state index contributed by atoms with van der Waals surface area (Å²) < 4.78 is 28.5. The Morgan fingerprint density at radius 1 is 1.05 bits per heavy atom. The molecule has 0 aliphatic rings. The van der Waals surface area contributed by atoms with E-state index in [0.717, 1.165) is 5.56 Å². The molecule has 0 spiro atoms. The number of benzene rings is 2. The topological polar surface area (TPSA) is 25.8 Å². The van der Waals surface area contributed by atoms with E-state index in [0.29, 0.717) is 9.86 Å². The van der Waals surface area contributed by atoms with Gasteiger partial charge in [0, 0.05) is 4.47 Å². The second-order valence-corrected chi connectivity index (χ2v) is 5.79. The first-order chi connectivity index (χ1) is 9.97. The van der Waals surface area contributed by atoms with Gasteiger partial charge in [0.2, 0.25) is 0 Å². The zero-order valence-electron chi connectivity index (χ0n) is 10.8. The van der Waals surface area contributed by atoms with E-state index >= 15 is 0 Å². The van der Waals surface area contributed by atoms with Gasteiger partial charge in [-0.15, -0.1) is 0 Å². The summed E-state index contributed by atoms with van der Waals surface area (Å²) in [6, 6.07) is 7.36. The van der Waals surface area contributed by atoms with Crippen molar-refractivity contribution in [1.29, 1.82) is 0 Å². The second kappa shape index (κ2) is 5.31. The number of hydrogen-bond acceptors (Lipinski definition) is 2. The van der Waals surface area contributed by atoms with Crippen LogP contribution in [0.1, 0.15) is 5.56 Å². The number of rotatable bonds is 1. The summed E-state index contributed by atoms with van der Waals surface area (Å²) in [5.74, 6) is -0.955. The van der Waals surface area contributed by atoms with E-state index in [2.05, 4.69) is 25.9 Å². The van der Waals surface area contributed by atoms with Crippen molar-refractivity contribution in [2.45, 2.75) is 6.92 Å². The highest BCUT2D eigenvalue weighted by Crippen LogP contribution is 2.32. The van der Waals surface area contributed by atoms with Crippen LogP contribution in [0.2, 0.25) is 5.15 Å². The number of halogens is 4. The number of hydrogen-bond donors (Lipinski definition) is 0. The van der Waals surface area contributed by atoms with Crippen molar-refractivity contribution >= 4 is 38.4 Å². The second-order valence-electron chi connectivity index (χ2n) is 4.57. The molecular formula is C15H8BrClF2N2. The van der Waals surface area contributed by atoms with Gasteiger partial charge in [-0.25, -0.2) is 18.7 Å². The van der Waals surface area contributed by atoms with Crippen molar-refractivity contribution < 1.29 is 8.78 Å². The summed E-state index contributed by atoms with van der Waals surface area (Å²) >= 11 is 9.39. The van der Waals surface area contributed by atoms with E-state index < -0.39 is 11.6 Å². The lowest BCUT2D eigenvalue weighted by Crippen LogP contribution is -1.97. The molecule has 0 saturated heterocycles. The average Bonchev–Trinajstić information content (AvgIpc) is 2.45. The van der Waals surface area contributed by atoms with Gasteiger partial charge in [-0.3, -0.25) is 0 Å². The molecule has 0 atom stereocenters. The molecule has 0 aliphatic carbocycles. The largest absolute Gasteiger partial charge is 0.225 e. The minimum Gasteiger partial charge on any atom is -0.225 e. The first-order valence-corrected chi connectivity index (χ1v) is 7.22. The Morgan fingerprint density at radius 3 is 2.52 bits per heavy atom. The molecule has 0 amide bonds. The third-order valence-electron chi connectivity index (χ3n) is 3.07. The third kappa shape index (κ3) is 2.51. The van der Waals surface area contributed by atoms with Crippen LogP contribution in [0.25, 0.3) is 22.3 Å². The van der Waals surface area contributed by atoms with E-state index in [-0.39, 0.29) is 22.1 Å². The van der Waals surface area contributed by atoms with E-state index in [1.54, 1.807) is 12.1 Å². The number of nitrogens with zero attached hydrogens (tertiary/aromatic N) is 2. The molecule has 0 unspecified atom stereocenters. The fourth-order valence-electron chi connectivity index (χ4n) is 2.06. The van der Waals surface area contributed by atoms with E-state index in [4.69, 9.17) is 11.6 Å². The minimum atomic E-state index is -0.535. The lowest BCUT2D eigenvalue weighted by Gasteiger charge is -2.08.